The SMILES string of the molecule is NCN1CCC(SC(c2ccccc2)(c2ccccc2)c2ccccc2)C1. The van der Waals surface area contributed by atoms with Crippen LogP contribution in [0.2, 0.25) is 0 Å². The Hall–Kier alpha value is -2.07. The predicted octanol–water partition coefficient (Wildman–Crippen LogP) is 4.70. The minimum Gasteiger partial charge on any atom is -0.318 e. The molecule has 1 aliphatic rings. The average molecular weight is 375 g/mol. The fourth-order valence-electron chi connectivity index (χ4n) is 4.03. The molecule has 1 atom stereocenters. The zero-order chi connectivity index (χ0) is 18.5. The molecule has 27 heavy (non-hydrogen) atoms. The Labute approximate surface area is 166 Å². The third-order valence-electron chi connectivity index (χ3n) is 5.37. The van der Waals surface area contributed by atoms with Crippen molar-refractivity contribution in [3.63, 3.8) is 0 Å². The van der Waals surface area contributed by atoms with Crippen LogP contribution in [0.25, 0.3) is 0 Å². The minimum absolute atomic E-state index is 0.223. The van der Waals surface area contributed by atoms with Crippen LogP contribution in [0.3, 0.4) is 0 Å². The van der Waals surface area contributed by atoms with Gasteiger partial charge in [0.05, 0.1) is 4.75 Å². The molecule has 4 rings (SSSR count). The molecule has 0 saturated carbocycles. The molecule has 1 saturated heterocycles. The molecule has 3 heteroatoms. The van der Waals surface area contributed by atoms with Gasteiger partial charge in [-0.3, -0.25) is 4.90 Å². The van der Waals surface area contributed by atoms with Gasteiger partial charge in [-0.25, -0.2) is 0 Å². The number of hydrogen-bond acceptors (Lipinski definition) is 3. The summed E-state index contributed by atoms with van der Waals surface area (Å²) in [6.07, 6.45) is 1.18. The highest BCUT2D eigenvalue weighted by atomic mass is 32.2. The van der Waals surface area contributed by atoms with Crippen molar-refractivity contribution in [2.75, 3.05) is 19.8 Å². The molecule has 0 aromatic heterocycles. The average Bonchev–Trinajstić information content (AvgIpc) is 3.21. The second-order valence-electron chi connectivity index (χ2n) is 7.07. The first-order valence-electron chi connectivity index (χ1n) is 9.60. The minimum atomic E-state index is -0.223. The Morgan fingerprint density at radius 3 is 1.59 bits per heavy atom. The smallest absolute Gasteiger partial charge is 0.0910 e. The largest absolute Gasteiger partial charge is 0.318 e. The number of benzene rings is 3. The van der Waals surface area contributed by atoms with Crippen LogP contribution in [-0.2, 0) is 4.75 Å². The lowest BCUT2D eigenvalue weighted by Crippen LogP contribution is -2.31. The van der Waals surface area contributed by atoms with Crippen molar-refractivity contribution in [1.29, 1.82) is 0 Å². The standard InChI is InChI=1S/C24H26N2S/c25-19-26-17-16-23(18-26)27-24(20-10-4-1-5-11-20,21-12-6-2-7-13-21)22-14-8-3-9-15-22/h1-15,23H,16-19,25H2. The van der Waals surface area contributed by atoms with E-state index in [0.29, 0.717) is 11.9 Å². The molecule has 3 aromatic carbocycles. The lowest BCUT2D eigenvalue weighted by molar-refractivity contribution is 0.351. The summed E-state index contributed by atoms with van der Waals surface area (Å²) in [5.74, 6) is 0. The van der Waals surface area contributed by atoms with Crippen molar-refractivity contribution >= 4 is 11.8 Å². The fourth-order valence-corrected chi connectivity index (χ4v) is 5.86. The molecule has 1 heterocycles. The third-order valence-corrected chi connectivity index (χ3v) is 7.15. The van der Waals surface area contributed by atoms with E-state index in [1.54, 1.807) is 0 Å². The van der Waals surface area contributed by atoms with E-state index in [4.69, 9.17) is 5.73 Å². The van der Waals surface area contributed by atoms with Crippen LogP contribution in [0, 0.1) is 0 Å². The van der Waals surface area contributed by atoms with E-state index in [1.165, 1.54) is 23.1 Å². The van der Waals surface area contributed by atoms with Gasteiger partial charge in [0, 0.05) is 25.0 Å². The van der Waals surface area contributed by atoms with Gasteiger partial charge in [0.25, 0.3) is 0 Å². The number of thioether (sulfide) groups is 1. The van der Waals surface area contributed by atoms with Crippen LogP contribution in [0.5, 0.6) is 0 Å². The van der Waals surface area contributed by atoms with Gasteiger partial charge in [0.15, 0.2) is 0 Å². The zero-order valence-electron chi connectivity index (χ0n) is 15.5. The molecule has 1 fully saturated rings. The number of nitrogens with two attached hydrogens (primary N) is 1. The molecule has 0 bridgehead atoms. The van der Waals surface area contributed by atoms with Gasteiger partial charge in [0.1, 0.15) is 0 Å². The van der Waals surface area contributed by atoms with Crippen molar-refractivity contribution in [3.8, 4) is 0 Å². The predicted molar refractivity (Wildman–Crippen MR) is 116 cm³/mol. The molecule has 0 aliphatic carbocycles. The lowest BCUT2D eigenvalue weighted by Gasteiger charge is -2.37. The van der Waals surface area contributed by atoms with Crippen LogP contribution in [0.1, 0.15) is 23.1 Å². The monoisotopic (exact) mass is 374 g/mol. The Balaban J connectivity index is 1.87. The molecule has 2 nitrogen and oxygen atoms in total. The molecule has 2 N–H and O–H groups in total. The second kappa shape index (κ2) is 8.30. The fraction of sp³-hybridized carbons (Fsp3) is 0.250. The molecule has 3 aromatic rings. The number of hydrogen-bond donors (Lipinski definition) is 1. The molecule has 0 amide bonds. The Morgan fingerprint density at radius 1 is 0.778 bits per heavy atom. The molecular formula is C24H26N2S. The molecule has 1 aliphatic heterocycles. The van der Waals surface area contributed by atoms with Gasteiger partial charge < -0.3 is 5.73 Å². The molecule has 0 spiro atoms. The van der Waals surface area contributed by atoms with Crippen molar-refractivity contribution in [2.45, 2.75) is 16.4 Å². The van der Waals surface area contributed by atoms with Gasteiger partial charge in [-0.1, -0.05) is 91.0 Å². The van der Waals surface area contributed by atoms with Gasteiger partial charge in [-0.15, -0.1) is 11.8 Å². The summed E-state index contributed by atoms with van der Waals surface area (Å²) in [5.41, 5.74) is 9.91. The van der Waals surface area contributed by atoms with E-state index in [-0.39, 0.29) is 4.75 Å². The van der Waals surface area contributed by atoms with Crippen LogP contribution >= 0.6 is 11.8 Å². The maximum atomic E-state index is 5.91. The van der Waals surface area contributed by atoms with E-state index in [0.717, 1.165) is 13.1 Å². The van der Waals surface area contributed by atoms with E-state index < -0.39 is 0 Å². The van der Waals surface area contributed by atoms with Gasteiger partial charge in [0.2, 0.25) is 0 Å². The van der Waals surface area contributed by atoms with E-state index in [9.17, 15) is 0 Å². The van der Waals surface area contributed by atoms with Crippen LogP contribution < -0.4 is 5.73 Å². The highest BCUT2D eigenvalue weighted by molar-refractivity contribution is 8.01. The molecule has 0 radical (unpaired) electrons. The van der Waals surface area contributed by atoms with Crippen molar-refractivity contribution < 1.29 is 0 Å². The van der Waals surface area contributed by atoms with Crippen LogP contribution in [-0.4, -0.2) is 29.9 Å². The van der Waals surface area contributed by atoms with E-state index in [2.05, 4.69) is 108 Å². The first-order valence-corrected chi connectivity index (χ1v) is 10.5. The van der Waals surface area contributed by atoms with Gasteiger partial charge in [-0.05, 0) is 23.1 Å². The summed E-state index contributed by atoms with van der Waals surface area (Å²) in [6.45, 7) is 2.78. The van der Waals surface area contributed by atoms with Gasteiger partial charge in [-0.2, -0.15) is 0 Å². The van der Waals surface area contributed by atoms with Crippen molar-refractivity contribution in [3.05, 3.63) is 108 Å². The van der Waals surface area contributed by atoms with E-state index >= 15 is 0 Å². The van der Waals surface area contributed by atoms with Crippen molar-refractivity contribution in [2.24, 2.45) is 5.73 Å². The summed E-state index contributed by atoms with van der Waals surface area (Å²) < 4.78 is -0.223. The maximum absolute atomic E-state index is 5.91. The number of rotatable bonds is 6. The molecular weight excluding hydrogens is 348 g/mol. The second-order valence-corrected chi connectivity index (χ2v) is 8.58. The summed E-state index contributed by atoms with van der Waals surface area (Å²) in [6, 6.07) is 32.8. The Kier molecular flexibility index (Phi) is 5.63. The summed E-state index contributed by atoms with van der Waals surface area (Å²) in [7, 11) is 0. The number of likely N-dealkylation sites (tertiary alicyclic amines) is 1. The summed E-state index contributed by atoms with van der Waals surface area (Å²) in [4.78, 5) is 2.35. The maximum Gasteiger partial charge on any atom is 0.0910 e. The topological polar surface area (TPSA) is 29.3 Å². The normalized spacial score (nSPS) is 17.9. The first-order chi connectivity index (χ1) is 13.3. The zero-order valence-corrected chi connectivity index (χ0v) is 16.3. The lowest BCUT2D eigenvalue weighted by atomic mass is 9.84. The summed E-state index contributed by atoms with van der Waals surface area (Å²) >= 11 is 2.08. The quantitative estimate of drug-likeness (QED) is 0.634. The van der Waals surface area contributed by atoms with Crippen LogP contribution in [0.4, 0.5) is 0 Å². The van der Waals surface area contributed by atoms with Crippen LogP contribution in [0.15, 0.2) is 91.0 Å². The first kappa shape index (κ1) is 18.3. The van der Waals surface area contributed by atoms with E-state index in [1.807, 2.05) is 0 Å². The van der Waals surface area contributed by atoms with Gasteiger partial charge >= 0.3 is 0 Å². The third kappa shape index (κ3) is 3.68. The molecule has 1 unspecified atom stereocenters. The highest BCUT2D eigenvalue weighted by Crippen LogP contribution is 2.51. The highest BCUT2D eigenvalue weighted by Gasteiger charge is 2.40. The Morgan fingerprint density at radius 2 is 1.22 bits per heavy atom. The Bertz CT molecular complexity index is 739. The number of nitrogens with zero attached hydrogens (tertiary/aromatic N) is 1. The molecule has 138 valence electrons. The summed E-state index contributed by atoms with van der Waals surface area (Å²) in [5, 5.41) is 0.550. The van der Waals surface area contributed by atoms with Crippen molar-refractivity contribution in [1.82, 2.24) is 4.90 Å².